The molecular formula is C8H12N2O3. The van der Waals surface area contributed by atoms with Crippen LogP contribution in [0.3, 0.4) is 0 Å². The van der Waals surface area contributed by atoms with E-state index < -0.39 is 0 Å². The molecule has 1 aromatic carbocycles. The first-order valence-corrected chi connectivity index (χ1v) is 3.42. The summed E-state index contributed by atoms with van der Waals surface area (Å²) < 4.78 is 4.92. The molecule has 0 bridgehead atoms. The van der Waals surface area contributed by atoms with Gasteiger partial charge in [-0.2, -0.15) is 0 Å². The predicted octanol–water partition coefficient (Wildman–Crippen LogP) is 0.560. The Hall–Kier alpha value is -1.91. The largest absolute Gasteiger partial charge is 0.495 e. The Kier molecular flexibility index (Phi) is 4.87. The summed E-state index contributed by atoms with van der Waals surface area (Å²) >= 11 is 0. The summed E-state index contributed by atoms with van der Waals surface area (Å²) in [7, 11) is 1.57. The maximum atomic E-state index is 8.36. The van der Waals surface area contributed by atoms with E-state index in [9.17, 15) is 0 Å². The van der Waals surface area contributed by atoms with Gasteiger partial charge in [-0.1, -0.05) is 0 Å². The fourth-order valence-electron chi connectivity index (χ4n) is 0.753. The van der Waals surface area contributed by atoms with E-state index in [0.29, 0.717) is 17.1 Å². The number of hydrogen-bond donors (Lipinski definition) is 3. The van der Waals surface area contributed by atoms with Crippen LogP contribution in [0.2, 0.25) is 0 Å². The smallest absolute Gasteiger partial charge is 0.290 e. The molecule has 0 saturated heterocycles. The van der Waals surface area contributed by atoms with Gasteiger partial charge in [0.05, 0.1) is 12.8 Å². The molecule has 5 N–H and O–H groups in total. The highest BCUT2D eigenvalue weighted by Crippen LogP contribution is 2.22. The molecule has 0 spiro atoms. The van der Waals surface area contributed by atoms with Gasteiger partial charge in [-0.05, 0) is 18.2 Å². The second-order valence-electron chi connectivity index (χ2n) is 2.11. The van der Waals surface area contributed by atoms with E-state index >= 15 is 0 Å². The highest BCUT2D eigenvalue weighted by molar-refractivity contribution is 5.60. The molecule has 0 aromatic heterocycles. The molecule has 0 fully saturated rings. The van der Waals surface area contributed by atoms with Crippen LogP contribution in [0.5, 0.6) is 5.75 Å². The molecule has 0 aliphatic rings. The van der Waals surface area contributed by atoms with Crippen molar-refractivity contribution in [2.24, 2.45) is 0 Å². The molecule has 72 valence electrons. The minimum Gasteiger partial charge on any atom is -0.495 e. The van der Waals surface area contributed by atoms with E-state index in [4.69, 9.17) is 26.1 Å². The zero-order valence-electron chi connectivity index (χ0n) is 7.23. The first-order valence-electron chi connectivity index (χ1n) is 3.42. The molecule has 1 rings (SSSR count). The molecule has 0 amide bonds. The van der Waals surface area contributed by atoms with Gasteiger partial charge in [-0.3, -0.25) is 4.79 Å². The van der Waals surface area contributed by atoms with Gasteiger partial charge < -0.3 is 21.3 Å². The normalized spacial score (nSPS) is 8.08. The van der Waals surface area contributed by atoms with Gasteiger partial charge in [0.25, 0.3) is 6.47 Å². The molecule has 0 unspecified atom stereocenters. The Labute approximate surface area is 75.9 Å². The Bertz CT molecular complexity index is 276. The fraction of sp³-hybridized carbons (Fsp3) is 0.125. The van der Waals surface area contributed by atoms with Crippen LogP contribution in [0, 0.1) is 0 Å². The van der Waals surface area contributed by atoms with Gasteiger partial charge in [-0.25, -0.2) is 0 Å². The third kappa shape index (κ3) is 3.85. The van der Waals surface area contributed by atoms with Crippen molar-refractivity contribution in [1.29, 1.82) is 0 Å². The molecule has 0 aliphatic carbocycles. The van der Waals surface area contributed by atoms with Crippen LogP contribution in [0.25, 0.3) is 0 Å². The number of methoxy groups -OCH3 is 1. The van der Waals surface area contributed by atoms with Gasteiger partial charge in [-0.15, -0.1) is 0 Å². The highest BCUT2D eigenvalue weighted by Gasteiger charge is 1.96. The van der Waals surface area contributed by atoms with Crippen molar-refractivity contribution >= 4 is 17.8 Å². The Balaban J connectivity index is 0.000000424. The summed E-state index contributed by atoms with van der Waals surface area (Å²) in [6.07, 6.45) is 0. The lowest BCUT2D eigenvalue weighted by molar-refractivity contribution is -0.122. The minimum absolute atomic E-state index is 0.250. The summed E-state index contributed by atoms with van der Waals surface area (Å²) in [5.41, 5.74) is 12.2. The zero-order chi connectivity index (χ0) is 10.3. The number of carboxylic acid groups (broad SMARTS) is 1. The van der Waals surface area contributed by atoms with Gasteiger partial charge in [0, 0.05) is 5.69 Å². The van der Waals surface area contributed by atoms with E-state index in [1.54, 1.807) is 25.3 Å². The van der Waals surface area contributed by atoms with Crippen molar-refractivity contribution in [2.75, 3.05) is 18.6 Å². The van der Waals surface area contributed by atoms with E-state index in [1.807, 2.05) is 0 Å². The lowest BCUT2D eigenvalue weighted by Gasteiger charge is -2.03. The summed E-state index contributed by atoms with van der Waals surface area (Å²) in [6, 6.07) is 5.15. The van der Waals surface area contributed by atoms with Crippen LogP contribution in [-0.2, 0) is 4.79 Å². The van der Waals surface area contributed by atoms with Crippen molar-refractivity contribution in [3.8, 4) is 5.75 Å². The third-order valence-electron chi connectivity index (χ3n) is 1.25. The number of benzene rings is 1. The molecule has 1 aromatic rings. The van der Waals surface area contributed by atoms with Crippen LogP contribution >= 0.6 is 0 Å². The zero-order valence-corrected chi connectivity index (χ0v) is 7.23. The highest BCUT2D eigenvalue weighted by atomic mass is 16.5. The first kappa shape index (κ1) is 11.1. The maximum Gasteiger partial charge on any atom is 0.290 e. The average molecular weight is 184 g/mol. The number of carbonyl (C=O) groups is 1. The molecule has 0 heterocycles. The Morgan fingerprint density at radius 2 is 2.00 bits per heavy atom. The van der Waals surface area contributed by atoms with Crippen molar-refractivity contribution < 1.29 is 14.6 Å². The second kappa shape index (κ2) is 5.70. The SMILES string of the molecule is COc1ccc(N)cc1N.O=CO. The molecule has 0 atom stereocenters. The summed E-state index contributed by atoms with van der Waals surface area (Å²) in [5, 5.41) is 6.89. The lowest BCUT2D eigenvalue weighted by Crippen LogP contribution is -1.93. The number of hydrogen-bond acceptors (Lipinski definition) is 4. The monoisotopic (exact) mass is 184 g/mol. The van der Waals surface area contributed by atoms with Crippen molar-refractivity contribution in [1.82, 2.24) is 0 Å². The Morgan fingerprint density at radius 3 is 2.38 bits per heavy atom. The summed E-state index contributed by atoms with van der Waals surface area (Å²) in [6.45, 7) is -0.250. The summed E-state index contributed by atoms with van der Waals surface area (Å²) in [5.74, 6) is 0.661. The van der Waals surface area contributed by atoms with E-state index in [-0.39, 0.29) is 6.47 Å². The fourth-order valence-corrected chi connectivity index (χ4v) is 0.753. The van der Waals surface area contributed by atoms with Crippen LogP contribution in [0.4, 0.5) is 11.4 Å². The van der Waals surface area contributed by atoms with Crippen LogP contribution in [0.1, 0.15) is 0 Å². The van der Waals surface area contributed by atoms with Gasteiger partial charge in [0.2, 0.25) is 0 Å². The number of rotatable bonds is 1. The summed E-state index contributed by atoms with van der Waals surface area (Å²) in [4.78, 5) is 8.36. The van der Waals surface area contributed by atoms with Crippen molar-refractivity contribution in [2.45, 2.75) is 0 Å². The van der Waals surface area contributed by atoms with E-state index in [0.717, 1.165) is 0 Å². The second-order valence-corrected chi connectivity index (χ2v) is 2.11. The third-order valence-corrected chi connectivity index (χ3v) is 1.25. The number of anilines is 2. The topological polar surface area (TPSA) is 98.6 Å². The first-order chi connectivity index (χ1) is 6.15. The molecular weight excluding hydrogens is 172 g/mol. The van der Waals surface area contributed by atoms with E-state index in [1.165, 1.54) is 0 Å². The number of nitrogen functional groups attached to an aromatic ring is 2. The van der Waals surface area contributed by atoms with Crippen molar-refractivity contribution in [3.63, 3.8) is 0 Å². The molecule has 0 radical (unpaired) electrons. The van der Waals surface area contributed by atoms with Gasteiger partial charge in [0.15, 0.2) is 0 Å². The molecule has 5 nitrogen and oxygen atoms in total. The molecule has 0 saturated carbocycles. The van der Waals surface area contributed by atoms with Crippen molar-refractivity contribution in [3.05, 3.63) is 18.2 Å². The average Bonchev–Trinajstić information content (AvgIpc) is 2.06. The van der Waals surface area contributed by atoms with Gasteiger partial charge in [0.1, 0.15) is 5.75 Å². The Morgan fingerprint density at radius 1 is 1.46 bits per heavy atom. The molecule has 0 aliphatic heterocycles. The lowest BCUT2D eigenvalue weighted by atomic mass is 10.2. The van der Waals surface area contributed by atoms with Crippen LogP contribution in [-0.4, -0.2) is 18.7 Å². The minimum atomic E-state index is -0.250. The standard InChI is InChI=1S/C7H10N2O.CH2O2/c1-10-7-3-2-5(8)4-6(7)9;2-1-3/h2-4H,8-9H2,1H3;1H,(H,2,3). The maximum absolute atomic E-state index is 8.36. The quantitative estimate of drug-likeness (QED) is 0.437. The molecule has 5 heteroatoms. The van der Waals surface area contributed by atoms with E-state index in [2.05, 4.69) is 0 Å². The number of nitrogens with two attached hydrogens (primary N) is 2. The van der Waals surface area contributed by atoms with Crippen LogP contribution in [0.15, 0.2) is 18.2 Å². The number of ether oxygens (including phenoxy) is 1. The van der Waals surface area contributed by atoms with Gasteiger partial charge >= 0.3 is 0 Å². The van der Waals surface area contributed by atoms with Crippen LogP contribution < -0.4 is 16.2 Å². The molecule has 13 heavy (non-hydrogen) atoms. The predicted molar refractivity (Wildman–Crippen MR) is 50.5 cm³/mol.